The second-order valence-corrected chi connectivity index (χ2v) is 5.56. The molecule has 0 radical (unpaired) electrons. The Bertz CT molecular complexity index is 497. The quantitative estimate of drug-likeness (QED) is 0.732. The number of H-pyrrole nitrogens is 2. The minimum absolute atomic E-state index is 0.0496. The fourth-order valence-corrected chi connectivity index (χ4v) is 2.74. The van der Waals surface area contributed by atoms with E-state index in [2.05, 4.69) is 15.3 Å². The summed E-state index contributed by atoms with van der Waals surface area (Å²) in [6, 6.07) is 0.368. The maximum Gasteiger partial charge on any atom is 0.323 e. The number of nitrogens with one attached hydrogen (secondary N) is 3. The molecule has 6 nitrogen and oxygen atoms in total. The highest BCUT2D eigenvalue weighted by Gasteiger charge is 2.35. The average molecular weight is 264 g/mol. The van der Waals surface area contributed by atoms with Crippen LogP contribution in [0.1, 0.15) is 36.2 Å². The molecule has 2 heterocycles. The van der Waals surface area contributed by atoms with Gasteiger partial charge in [-0.15, -0.1) is 0 Å². The van der Waals surface area contributed by atoms with E-state index in [0.29, 0.717) is 17.7 Å². The van der Waals surface area contributed by atoms with Gasteiger partial charge in [-0.05, 0) is 44.7 Å². The largest absolute Gasteiger partial charge is 0.334 e. The van der Waals surface area contributed by atoms with Crippen LogP contribution in [0.3, 0.4) is 0 Å². The SMILES string of the molecule is O=C(c1c[nH]c(=O)[nH]1)N(CC1CCCNC1)C1CC1. The van der Waals surface area contributed by atoms with Gasteiger partial charge in [0.2, 0.25) is 0 Å². The van der Waals surface area contributed by atoms with Crippen LogP contribution >= 0.6 is 0 Å². The van der Waals surface area contributed by atoms with Crippen molar-refractivity contribution in [3.63, 3.8) is 0 Å². The monoisotopic (exact) mass is 264 g/mol. The normalized spacial score (nSPS) is 23.3. The van der Waals surface area contributed by atoms with E-state index in [-0.39, 0.29) is 11.6 Å². The Morgan fingerprint density at radius 2 is 2.21 bits per heavy atom. The van der Waals surface area contributed by atoms with E-state index in [4.69, 9.17) is 0 Å². The Kier molecular flexibility index (Phi) is 3.42. The van der Waals surface area contributed by atoms with Crippen molar-refractivity contribution in [2.45, 2.75) is 31.7 Å². The molecule has 3 rings (SSSR count). The molecule has 1 aromatic heterocycles. The second kappa shape index (κ2) is 5.21. The molecular formula is C13H20N4O2. The van der Waals surface area contributed by atoms with Gasteiger partial charge in [0.15, 0.2) is 0 Å². The van der Waals surface area contributed by atoms with Crippen LogP contribution < -0.4 is 11.0 Å². The molecule has 1 aromatic rings. The predicted octanol–water partition coefficient (Wildman–Crippen LogP) is 0.307. The van der Waals surface area contributed by atoms with Crippen molar-refractivity contribution in [3.05, 3.63) is 22.4 Å². The van der Waals surface area contributed by atoms with E-state index in [1.54, 1.807) is 0 Å². The molecule has 104 valence electrons. The molecule has 2 fully saturated rings. The minimum Gasteiger partial charge on any atom is -0.334 e. The number of carbonyl (C=O) groups is 1. The zero-order valence-corrected chi connectivity index (χ0v) is 10.9. The van der Waals surface area contributed by atoms with Crippen LogP contribution in [0.15, 0.2) is 11.0 Å². The van der Waals surface area contributed by atoms with E-state index in [1.165, 1.54) is 19.0 Å². The van der Waals surface area contributed by atoms with E-state index in [0.717, 1.165) is 32.5 Å². The van der Waals surface area contributed by atoms with Gasteiger partial charge < -0.3 is 20.2 Å². The smallest absolute Gasteiger partial charge is 0.323 e. The first-order valence-electron chi connectivity index (χ1n) is 7.03. The Labute approximate surface area is 111 Å². The van der Waals surface area contributed by atoms with E-state index >= 15 is 0 Å². The average Bonchev–Trinajstić information content (AvgIpc) is 3.18. The molecule has 1 atom stereocenters. The lowest BCUT2D eigenvalue weighted by atomic mass is 9.99. The molecule has 2 aliphatic rings. The molecule has 6 heteroatoms. The molecule has 1 saturated heterocycles. The van der Waals surface area contributed by atoms with Crippen molar-refractivity contribution in [2.24, 2.45) is 5.92 Å². The number of hydrogen-bond acceptors (Lipinski definition) is 3. The fraction of sp³-hybridized carbons (Fsp3) is 0.692. The Morgan fingerprint density at radius 3 is 2.79 bits per heavy atom. The number of nitrogens with zero attached hydrogens (tertiary/aromatic N) is 1. The van der Waals surface area contributed by atoms with Gasteiger partial charge in [-0.2, -0.15) is 0 Å². The molecular weight excluding hydrogens is 244 g/mol. The van der Waals surface area contributed by atoms with Crippen LogP contribution in [-0.4, -0.2) is 46.5 Å². The zero-order chi connectivity index (χ0) is 13.2. The molecule has 1 aliphatic heterocycles. The summed E-state index contributed by atoms with van der Waals surface area (Å²) in [4.78, 5) is 30.5. The lowest BCUT2D eigenvalue weighted by molar-refractivity contribution is 0.0698. The molecule has 1 aliphatic carbocycles. The highest BCUT2D eigenvalue weighted by molar-refractivity contribution is 5.92. The van der Waals surface area contributed by atoms with Crippen molar-refractivity contribution < 1.29 is 4.79 Å². The number of piperidine rings is 1. The summed E-state index contributed by atoms with van der Waals surface area (Å²) in [5.74, 6) is 0.482. The van der Waals surface area contributed by atoms with Crippen molar-refractivity contribution >= 4 is 5.91 Å². The van der Waals surface area contributed by atoms with Gasteiger partial charge >= 0.3 is 5.69 Å². The third kappa shape index (κ3) is 2.89. The molecule has 1 unspecified atom stereocenters. The van der Waals surface area contributed by atoms with Crippen LogP contribution in [0.4, 0.5) is 0 Å². The number of amides is 1. The third-order valence-corrected chi connectivity index (χ3v) is 3.93. The number of aromatic nitrogens is 2. The molecule has 0 aromatic carbocycles. The Balaban J connectivity index is 1.69. The first-order valence-corrected chi connectivity index (χ1v) is 7.03. The summed E-state index contributed by atoms with van der Waals surface area (Å²) in [6.45, 7) is 2.86. The minimum atomic E-state index is -0.321. The number of hydrogen-bond donors (Lipinski definition) is 3. The predicted molar refractivity (Wildman–Crippen MR) is 71.1 cm³/mol. The van der Waals surface area contributed by atoms with Gasteiger partial charge in [-0.3, -0.25) is 4.79 Å². The lowest BCUT2D eigenvalue weighted by Crippen LogP contribution is -2.42. The summed E-state index contributed by atoms with van der Waals surface area (Å²) in [7, 11) is 0. The van der Waals surface area contributed by atoms with Gasteiger partial charge in [-0.1, -0.05) is 0 Å². The first kappa shape index (κ1) is 12.5. The van der Waals surface area contributed by atoms with Crippen molar-refractivity contribution in [1.29, 1.82) is 0 Å². The summed E-state index contributed by atoms with van der Waals surface area (Å²) in [6.07, 6.45) is 5.99. The lowest BCUT2D eigenvalue weighted by Gasteiger charge is -2.30. The molecule has 3 N–H and O–H groups in total. The molecule has 1 saturated carbocycles. The maximum atomic E-state index is 12.4. The highest BCUT2D eigenvalue weighted by atomic mass is 16.2. The van der Waals surface area contributed by atoms with Crippen LogP contribution in [0.5, 0.6) is 0 Å². The second-order valence-electron chi connectivity index (χ2n) is 5.56. The summed E-state index contributed by atoms with van der Waals surface area (Å²) >= 11 is 0. The zero-order valence-electron chi connectivity index (χ0n) is 10.9. The number of carbonyl (C=O) groups excluding carboxylic acids is 1. The van der Waals surface area contributed by atoms with E-state index in [9.17, 15) is 9.59 Å². The molecule has 1 amide bonds. The number of aromatic amines is 2. The van der Waals surface area contributed by atoms with E-state index in [1.807, 2.05) is 4.90 Å². The standard InChI is InChI=1S/C13H20N4O2/c18-12(11-7-15-13(19)16-11)17(10-3-4-10)8-9-2-1-5-14-6-9/h7,9-10,14H,1-6,8H2,(H2,15,16,19). The summed E-state index contributed by atoms with van der Waals surface area (Å²) < 4.78 is 0. The van der Waals surface area contributed by atoms with Crippen LogP contribution in [0.25, 0.3) is 0 Å². The van der Waals surface area contributed by atoms with Crippen LogP contribution in [0, 0.1) is 5.92 Å². The van der Waals surface area contributed by atoms with Crippen LogP contribution in [-0.2, 0) is 0 Å². The van der Waals surface area contributed by atoms with Crippen molar-refractivity contribution in [1.82, 2.24) is 20.2 Å². The number of imidazole rings is 1. The van der Waals surface area contributed by atoms with Gasteiger partial charge in [0.1, 0.15) is 5.69 Å². The van der Waals surface area contributed by atoms with Gasteiger partial charge in [-0.25, -0.2) is 4.79 Å². The Hall–Kier alpha value is -1.56. The summed E-state index contributed by atoms with van der Waals surface area (Å²) in [5, 5.41) is 3.38. The van der Waals surface area contributed by atoms with Gasteiger partial charge in [0.25, 0.3) is 5.91 Å². The van der Waals surface area contributed by atoms with E-state index < -0.39 is 0 Å². The molecule has 0 spiro atoms. The van der Waals surface area contributed by atoms with Gasteiger partial charge in [0, 0.05) is 18.8 Å². The fourth-order valence-electron chi connectivity index (χ4n) is 2.74. The van der Waals surface area contributed by atoms with Crippen LogP contribution in [0.2, 0.25) is 0 Å². The third-order valence-electron chi connectivity index (χ3n) is 3.93. The first-order chi connectivity index (χ1) is 9.24. The molecule has 19 heavy (non-hydrogen) atoms. The summed E-state index contributed by atoms with van der Waals surface area (Å²) in [5.41, 5.74) is 0.0547. The maximum absolute atomic E-state index is 12.4. The highest BCUT2D eigenvalue weighted by Crippen LogP contribution is 2.29. The van der Waals surface area contributed by atoms with Gasteiger partial charge in [0.05, 0.1) is 0 Å². The van der Waals surface area contributed by atoms with Crippen molar-refractivity contribution in [3.8, 4) is 0 Å². The Morgan fingerprint density at radius 1 is 1.37 bits per heavy atom. The topological polar surface area (TPSA) is 81.0 Å². The number of rotatable bonds is 4. The van der Waals surface area contributed by atoms with Crippen molar-refractivity contribution in [2.75, 3.05) is 19.6 Å². The molecule has 0 bridgehead atoms.